The van der Waals surface area contributed by atoms with Gasteiger partial charge in [-0.15, -0.1) is 0 Å². The molecule has 1 saturated carbocycles. The van der Waals surface area contributed by atoms with Gasteiger partial charge in [0.15, 0.2) is 0 Å². The second kappa shape index (κ2) is 6.86. The number of carbonyl (C=O) groups is 1. The van der Waals surface area contributed by atoms with Crippen LogP contribution in [0.25, 0.3) is 5.69 Å². The van der Waals surface area contributed by atoms with E-state index in [9.17, 15) is 20.1 Å². The summed E-state index contributed by atoms with van der Waals surface area (Å²) < 4.78 is 1.43. The minimum absolute atomic E-state index is 0.258. The van der Waals surface area contributed by atoms with E-state index < -0.39 is 30.1 Å². The molecule has 0 bridgehead atoms. The largest absolute Gasteiger partial charge is 0.396 e. The summed E-state index contributed by atoms with van der Waals surface area (Å²) in [7, 11) is 0. The summed E-state index contributed by atoms with van der Waals surface area (Å²) in [6.07, 6.45) is 0.869. The summed E-state index contributed by atoms with van der Waals surface area (Å²) in [4.78, 5) is 16.5. The van der Waals surface area contributed by atoms with Crippen molar-refractivity contribution in [3.63, 3.8) is 0 Å². The topological polar surface area (TPSA) is 120 Å². The monoisotopic (exact) mass is 352 g/mol. The van der Waals surface area contributed by atoms with Crippen molar-refractivity contribution in [3.05, 3.63) is 41.4 Å². The van der Waals surface area contributed by atoms with Gasteiger partial charge in [0, 0.05) is 17.5 Å². The first-order chi connectivity index (χ1) is 11.5. The first-order valence-corrected chi connectivity index (χ1v) is 7.81. The quantitative estimate of drug-likeness (QED) is 0.602. The van der Waals surface area contributed by atoms with Gasteiger partial charge in [0.2, 0.25) is 0 Å². The summed E-state index contributed by atoms with van der Waals surface area (Å²) in [5.74, 6) is -0.933. The lowest BCUT2D eigenvalue weighted by atomic mass is 10.1. The number of nitrogens with zero attached hydrogens (tertiary/aromatic N) is 3. The van der Waals surface area contributed by atoms with Gasteiger partial charge in [0.25, 0.3) is 5.91 Å². The Hall–Kier alpha value is -2.00. The number of amides is 1. The first kappa shape index (κ1) is 16.8. The van der Waals surface area contributed by atoms with Gasteiger partial charge in [-0.1, -0.05) is 11.6 Å². The van der Waals surface area contributed by atoms with Crippen LogP contribution in [-0.2, 0) is 0 Å². The molecule has 0 spiro atoms. The standard InChI is InChI=1S/C15H17ClN4O4/c16-9-1-2-12(20-7-17-6-18-20)10(4-9)15(24)19-11-3-8(5-21)13(22)14(11)23/h1-2,4,6-8,11,13-14,21-23H,3,5H2,(H,19,24)/t8-,11-,13-,14+/m0/s1. The van der Waals surface area contributed by atoms with Gasteiger partial charge in [-0.2, -0.15) is 5.10 Å². The van der Waals surface area contributed by atoms with Crippen LogP contribution in [0, 0.1) is 5.92 Å². The van der Waals surface area contributed by atoms with Gasteiger partial charge in [0.05, 0.1) is 23.4 Å². The fourth-order valence-electron chi connectivity index (χ4n) is 2.92. The highest BCUT2D eigenvalue weighted by molar-refractivity contribution is 6.31. The number of aliphatic hydroxyl groups is 3. The van der Waals surface area contributed by atoms with E-state index in [4.69, 9.17) is 11.6 Å². The molecule has 4 N–H and O–H groups in total. The molecule has 1 aliphatic carbocycles. The maximum atomic E-state index is 12.6. The average Bonchev–Trinajstić information content (AvgIpc) is 3.19. The Morgan fingerprint density at radius 2 is 2.17 bits per heavy atom. The summed E-state index contributed by atoms with van der Waals surface area (Å²) in [6.45, 7) is -0.258. The lowest BCUT2D eigenvalue weighted by Gasteiger charge is -2.19. The Balaban J connectivity index is 1.84. The van der Waals surface area contributed by atoms with Crippen LogP contribution >= 0.6 is 11.6 Å². The maximum Gasteiger partial charge on any atom is 0.253 e. The average molecular weight is 353 g/mol. The minimum Gasteiger partial charge on any atom is -0.396 e. The molecule has 1 heterocycles. The molecule has 1 aromatic heterocycles. The van der Waals surface area contributed by atoms with Gasteiger partial charge in [-0.25, -0.2) is 9.67 Å². The van der Waals surface area contributed by atoms with Crippen LogP contribution in [0.1, 0.15) is 16.8 Å². The smallest absolute Gasteiger partial charge is 0.253 e. The van der Waals surface area contributed by atoms with E-state index in [-0.39, 0.29) is 18.6 Å². The molecule has 1 aliphatic rings. The van der Waals surface area contributed by atoms with Crippen molar-refractivity contribution in [2.45, 2.75) is 24.7 Å². The number of rotatable bonds is 4. The Morgan fingerprint density at radius 3 is 2.79 bits per heavy atom. The molecule has 1 amide bonds. The van der Waals surface area contributed by atoms with Crippen molar-refractivity contribution >= 4 is 17.5 Å². The molecule has 0 unspecified atom stereocenters. The highest BCUT2D eigenvalue weighted by Gasteiger charge is 2.41. The number of carbonyl (C=O) groups excluding carboxylic acids is 1. The van der Waals surface area contributed by atoms with Gasteiger partial charge < -0.3 is 20.6 Å². The third-order valence-corrected chi connectivity index (χ3v) is 4.46. The van der Waals surface area contributed by atoms with Crippen LogP contribution in [-0.4, -0.2) is 60.8 Å². The van der Waals surface area contributed by atoms with Gasteiger partial charge in [0.1, 0.15) is 18.8 Å². The predicted molar refractivity (Wildman–Crippen MR) is 84.8 cm³/mol. The number of nitrogens with one attached hydrogen (secondary N) is 1. The van der Waals surface area contributed by atoms with Crippen molar-refractivity contribution in [3.8, 4) is 5.69 Å². The van der Waals surface area contributed by atoms with Crippen LogP contribution in [0.5, 0.6) is 0 Å². The Kier molecular flexibility index (Phi) is 4.81. The van der Waals surface area contributed by atoms with Gasteiger partial charge >= 0.3 is 0 Å². The maximum absolute atomic E-state index is 12.6. The third kappa shape index (κ3) is 3.13. The molecule has 8 nitrogen and oxygen atoms in total. The molecule has 128 valence electrons. The van der Waals surface area contributed by atoms with E-state index in [1.165, 1.54) is 23.4 Å². The minimum atomic E-state index is -1.14. The van der Waals surface area contributed by atoms with Crippen LogP contribution in [0.3, 0.4) is 0 Å². The Morgan fingerprint density at radius 1 is 1.38 bits per heavy atom. The molecule has 1 aromatic carbocycles. The van der Waals surface area contributed by atoms with Crippen molar-refractivity contribution < 1.29 is 20.1 Å². The second-order valence-corrected chi connectivity index (χ2v) is 6.18. The normalized spacial score (nSPS) is 26.5. The summed E-state index contributed by atoms with van der Waals surface area (Å²) in [5, 5.41) is 36.2. The summed E-state index contributed by atoms with van der Waals surface area (Å²) in [6, 6.07) is 4.11. The number of aromatic nitrogens is 3. The molecule has 0 radical (unpaired) electrons. The fourth-order valence-corrected chi connectivity index (χ4v) is 3.09. The van der Waals surface area contributed by atoms with Crippen LogP contribution in [0.15, 0.2) is 30.9 Å². The SMILES string of the molecule is O=C(N[C@H]1C[C@@H](CO)[C@H](O)[C@@H]1O)c1cc(Cl)ccc1-n1cncn1. The molecule has 24 heavy (non-hydrogen) atoms. The molecule has 1 fully saturated rings. The molecule has 9 heteroatoms. The lowest BCUT2D eigenvalue weighted by Crippen LogP contribution is -2.43. The number of hydrogen-bond donors (Lipinski definition) is 4. The van der Waals surface area contributed by atoms with E-state index in [1.807, 2.05) is 0 Å². The zero-order valence-corrected chi connectivity index (χ0v) is 13.3. The van der Waals surface area contributed by atoms with Crippen molar-refractivity contribution in [2.75, 3.05) is 6.61 Å². The van der Waals surface area contributed by atoms with Crippen LogP contribution in [0.2, 0.25) is 5.02 Å². The molecular formula is C15H17ClN4O4. The van der Waals surface area contributed by atoms with Gasteiger partial charge in [-0.3, -0.25) is 4.79 Å². The highest BCUT2D eigenvalue weighted by Crippen LogP contribution is 2.27. The van der Waals surface area contributed by atoms with Crippen molar-refractivity contribution in [2.24, 2.45) is 5.92 Å². The molecule has 4 atom stereocenters. The van der Waals surface area contributed by atoms with Crippen molar-refractivity contribution in [1.29, 1.82) is 0 Å². The van der Waals surface area contributed by atoms with Crippen molar-refractivity contribution in [1.82, 2.24) is 20.1 Å². The molecule has 0 aliphatic heterocycles. The molecule has 0 saturated heterocycles. The fraction of sp³-hybridized carbons (Fsp3) is 0.400. The number of halogens is 1. The molecule has 2 aromatic rings. The van der Waals surface area contributed by atoms with E-state index in [0.717, 1.165) is 0 Å². The highest BCUT2D eigenvalue weighted by atomic mass is 35.5. The Bertz CT molecular complexity index is 724. The first-order valence-electron chi connectivity index (χ1n) is 7.43. The molecule has 3 rings (SSSR count). The number of hydrogen-bond acceptors (Lipinski definition) is 6. The summed E-state index contributed by atoms with van der Waals surface area (Å²) >= 11 is 5.99. The lowest BCUT2D eigenvalue weighted by molar-refractivity contribution is 0.000136. The third-order valence-electron chi connectivity index (χ3n) is 4.22. The van der Waals surface area contributed by atoms with Crippen LogP contribution in [0.4, 0.5) is 0 Å². The van der Waals surface area contributed by atoms with Gasteiger partial charge in [-0.05, 0) is 24.6 Å². The second-order valence-electron chi connectivity index (χ2n) is 5.74. The van der Waals surface area contributed by atoms with E-state index in [0.29, 0.717) is 10.7 Å². The Labute approximate surface area is 142 Å². The summed E-state index contributed by atoms with van der Waals surface area (Å²) in [5.41, 5.74) is 0.753. The predicted octanol–water partition coefficient (Wildman–Crippen LogP) is -0.247. The molecular weight excluding hydrogens is 336 g/mol. The zero-order valence-electron chi connectivity index (χ0n) is 12.6. The zero-order chi connectivity index (χ0) is 17.3. The van der Waals surface area contributed by atoms with E-state index in [1.54, 1.807) is 12.1 Å². The van der Waals surface area contributed by atoms with E-state index >= 15 is 0 Å². The van der Waals surface area contributed by atoms with Crippen LogP contribution < -0.4 is 5.32 Å². The number of benzene rings is 1. The number of aliphatic hydroxyl groups excluding tert-OH is 3. The van der Waals surface area contributed by atoms with E-state index in [2.05, 4.69) is 15.4 Å².